The van der Waals surface area contributed by atoms with E-state index in [0.717, 1.165) is 22.3 Å². The number of fused-ring (bicyclic) bond motifs is 3. The summed E-state index contributed by atoms with van der Waals surface area (Å²) in [6.07, 6.45) is -0.466. The summed E-state index contributed by atoms with van der Waals surface area (Å²) in [5.74, 6) is -1.76. The lowest BCUT2D eigenvalue weighted by Crippen LogP contribution is -2.45. The summed E-state index contributed by atoms with van der Waals surface area (Å²) < 4.78 is 6.11. The molecule has 4 rings (SSSR count). The molecule has 0 radical (unpaired) electrons. The Bertz CT molecular complexity index is 1100. The van der Waals surface area contributed by atoms with E-state index in [1.165, 1.54) is 12.1 Å². The molecule has 0 spiro atoms. The highest BCUT2D eigenvalue weighted by molar-refractivity contribution is 5.82. The summed E-state index contributed by atoms with van der Waals surface area (Å²) in [6.45, 7) is 3.90. The average molecular weight is 450 g/mol. The van der Waals surface area contributed by atoms with Crippen molar-refractivity contribution in [3.63, 3.8) is 0 Å². The Kier molecular flexibility index (Phi) is 6.26. The van der Waals surface area contributed by atoms with Crippen LogP contribution in [0.1, 0.15) is 37.3 Å². The Hall–Kier alpha value is -3.94. The van der Waals surface area contributed by atoms with Crippen molar-refractivity contribution in [2.45, 2.75) is 32.2 Å². The van der Waals surface area contributed by atoms with Gasteiger partial charge in [0.15, 0.2) is 0 Å². The van der Waals surface area contributed by atoms with Crippen LogP contribution in [0.4, 0.5) is 4.79 Å². The number of nitrogens with zero attached hydrogens (tertiary/aromatic N) is 1. The second-order valence-electron chi connectivity index (χ2n) is 8.41. The Morgan fingerprint density at radius 3 is 2.03 bits per heavy atom. The quantitative estimate of drug-likeness (QED) is 0.505. The first-order chi connectivity index (χ1) is 15.8. The third-order valence-corrected chi connectivity index (χ3v) is 5.61. The molecule has 3 aromatic rings. The van der Waals surface area contributed by atoms with Gasteiger partial charge in [0.05, 0.1) is 0 Å². The molecule has 1 amide bonds. The number of benzene rings is 2. The SMILES string of the molecule is CC(C)C[C@H](NC(=O)OCC1c2ccccc2-c2ccccc21)C(=O)On1c(O)ccc1O. The minimum atomic E-state index is -1.03. The number of hydrogen-bond acceptors (Lipinski definition) is 6. The number of aromatic nitrogens is 1. The summed E-state index contributed by atoms with van der Waals surface area (Å²) in [6, 6.07) is 17.4. The Labute approximate surface area is 191 Å². The van der Waals surface area contributed by atoms with Gasteiger partial charge in [-0.25, -0.2) is 9.59 Å². The lowest BCUT2D eigenvalue weighted by molar-refractivity contribution is -0.148. The van der Waals surface area contributed by atoms with Gasteiger partial charge in [-0.05, 0) is 34.6 Å². The lowest BCUT2D eigenvalue weighted by Gasteiger charge is -2.20. The van der Waals surface area contributed by atoms with Crippen molar-refractivity contribution >= 4 is 12.1 Å². The summed E-state index contributed by atoms with van der Waals surface area (Å²) in [5, 5.41) is 22.0. The Balaban J connectivity index is 1.43. The third-order valence-electron chi connectivity index (χ3n) is 5.61. The fourth-order valence-electron chi connectivity index (χ4n) is 4.12. The third kappa shape index (κ3) is 4.64. The number of hydrogen-bond donors (Lipinski definition) is 3. The summed E-state index contributed by atoms with van der Waals surface area (Å²) in [7, 11) is 0. The van der Waals surface area contributed by atoms with Gasteiger partial charge in [0.25, 0.3) is 0 Å². The highest BCUT2D eigenvalue weighted by atomic mass is 16.7. The maximum Gasteiger partial charge on any atom is 0.407 e. The normalized spacial score (nSPS) is 13.3. The summed E-state index contributed by atoms with van der Waals surface area (Å²) >= 11 is 0. The molecule has 1 atom stereocenters. The van der Waals surface area contributed by atoms with Crippen LogP contribution in [0, 0.1) is 5.92 Å². The average Bonchev–Trinajstić information content (AvgIpc) is 3.28. The smallest absolute Gasteiger partial charge is 0.407 e. The van der Waals surface area contributed by atoms with Gasteiger partial charge in [0.1, 0.15) is 12.6 Å². The number of carbonyl (C=O) groups excluding carboxylic acids is 2. The molecule has 0 fully saturated rings. The van der Waals surface area contributed by atoms with Crippen molar-refractivity contribution in [2.75, 3.05) is 6.61 Å². The molecule has 3 N–H and O–H groups in total. The van der Waals surface area contributed by atoms with Crippen LogP contribution in [0.25, 0.3) is 11.1 Å². The maximum atomic E-state index is 12.6. The van der Waals surface area contributed by atoms with Crippen LogP contribution < -0.4 is 10.2 Å². The van der Waals surface area contributed by atoms with Crippen LogP contribution in [-0.2, 0) is 9.53 Å². The molecular formula is C25H26N2O6. The molecule has 0 saturated carbocycles. The van der Waals surface area contributed by atoms with E-state index in [9.17, 15) is 19.8 Å². The number of amides is 1. The van der Waals surface area contributed by atoms with E-state index in [1.54, 1.807) is 0 Å². The van der Waals surface area contributed by atoms with Crippen molar-refractivity contribution in [3.05, 3.63) is 71.8 Å². The Morgan fingerprint density at radius 2 is 1.48 bits per heavy atom. The minimum Gasteiger partial charge on any atom is -0.492 e. The topological polar surface area (TPSA) is 110 Å². The van der Waals surface area contributed by atoms with Crippen LogP contribution in [-0.4, -0.2) is 39.7 Å². The molecule has 0 saturated heterocycles. The van der Waals surface area contributed by atoms with Crippen LogP contribution in [0.15, 0.2) is 60.7 Å². The molecule has 1 aliphatic carbocycles. The zero-order valence-corrected chi connectivity index (χ0v) is 18.4. The van der Waals surface area contributed by atoms with Gasteiger partial charge in [0, 0.05) is 18.1 Å². The summed E-state index contributed by atoms with van der Waals surface area (Å²) in [5.41, 5.74) is 4.41. The molecular weight excluding hydrogens is 424 g/mol. The predicted molar refractivity (Wildman–Crippen MR) is 121 cm³/mol. The molecule has 1 heterocycles. The molecule has 1 aromatic heterocycles. The minimum absolute atomic E-state index is 0.0586. The monoisotopic (exact) mass is 450 g/mol. The predicted octanol–water partition coefficient (Wildman–Crippen LogP) is 3.81. The number of alkyl carbamates (subject to hydrolysis) is 1. The largest absolute Gasteiger partial charge is 0.492 e. The summed E-state index contributed by atoms with van der Waals surface area (Å²) in [4.78, 5) is 30.3. The zero-order valence-electron chi connectivity index (χ0n) is 18.4. The van der Waals surface area contributed by atoms with Gasteiger partial charge in [-0.1, -0.05) is 62.4 Å². The molecule has 33 heavy (non-hydrogen) atoms. The van der Waals surface area contributed by atoms with Crippen molar-refractivity contribution in [1.82, 2.24) is 10.0 Å². The van der Waals surface area contributed by atoms with Crippen molar-refractivity contribution in [1.29, 1.82) is 0 Å². The van der Waals surface area contributed by atoms with Crippen molar-refractivity contribution in [2.24, 2.45) is 5.92 Å². The van der Waals surface area contributed by atoms with Gasteiger partial charge >= 0.3 is 12.1 Å². The van der Waals surface area contributed by atoms with E-state index in [1.807, 2.05) is 50.2 Å². The van der Waals surface area contributed by atoms with Crippen LogP contribution in [0.2, 0.25) is 0 Å². The second-order valence-corrected chi connectivity index (χ2v) is 8.41. The molecule has 2 aromatic carbocycles. The van der Waals surface area contributed by atoms with Crippen molar-refractivity contribution in [3.8, 4) is 22.9 Å². The molecule has 1 aliphatic rings. The van der Waals surface area contributed by atoms with Gasteiger partial charge in [-0.15, -0.1) is 4.73 Å². The lowest BCUT2D eigenvalue weighted by atomic mass is 9.98. The first kappa shape index (κ1) is 22.3. The van der Waals surface area contributed by atoms with E-state index in [-0.39, 0.29) is 24.9 Å². The highest BCUT2D eigenvalue weighted by Crippen LogP contribution is 2.44. The Morgan fingerprint density at radius 1 is 0.939 bits per heavy atom. The van der Waals surface area contributed by atoms with E-state index >= 15 is 0 Å². The molecule has 8 heteroatoms. The number of aromatic hydroxyl groups is 2. The van der Waals surface area contributed by atoms with E-state index in [4.69, 9.17) is 9.57 Å². The first-order valence-corrected chi connectivity index (χ1v) is 10.8. The highest BCUT2D eigenvalue weighted by Gasteiger charge is 2.30. The number of nitrogens with one attached hydrogen (secondary N) is 1. The molecule has 0 unspecified atom stereocenters. The van der Waals surface area contributed by atoms with E-state index in [0.29, 0.717) is 4.73 Å². The molecule has 0 bridgehead atoms. The van der Waals surface area contributed by atoms with Gasteiger partial charge < -0.3 is 25.1 Å². The second kappa shape index (κ2) is 9.28. The van der Waals surface area contributed by atoms with Gasteiger partial charge in [0.2, 0.25) is 11.8 Å². The van der Waals surface area contributed by atoms with Gasteiger partial charge in [-0.2, -0.15) is 0 Å². The maximum absolute atomic E-state index is 12.6. The van der Waals surface area contributed by atoms with Crippen LogP contribution in [0.5, 0.6) is 11.8 Å². The molecule has 0 aliphatic heterocycles. The first-order valence-electron chi connectivity index (χ1n) is 10.8. The van der Waals surface area contributed by atoms with E-state index in [2.05, 4.69) is 17.4 Å². The molecule has 8 nitrogen and oxygen atoms in total. The van der Waals surface area contributed by atoms with Crippen LogP contribution in [0.3, 0.4) is 0 Å². The van der Waals surface area contributed by atoms with Crippen molar-refractivity contribution < 1.29 is 29.4 Å². The van der Waals surface area contributed by atoms with Gasteiger partial charge in [-0.3, -0.25) is 0 Å². The number of ether oxygens (including phenoxy) is 1. The number of rotatable bonds is 7. The van der Waals surface area contributed by atoms with Crippen LogP contribution >= 0.6 is 0 Å². The fraction of sp³-hybridized carbons (Fsp3) is 0.280. The standard InChI is InChI=1S/C25H26N2O6/c1-15(2)13-21(24(30)33-27-22(28)11-12-23(27)29)26-25(31)32-14-20-18-9-5-3-7-16(18)17-8-4-6-10-19(17)20/h3-12,15,20-21,28-29H,13-14H2,1-2H3,(H,26,31)/t21-/m0/s1. The zero-order chi connectivity index (χ0) is 23.5. The molecule has 172 valence electrons. The number of carbonyl (C=O) groups is 2. The fourth-order valence-corrected chi connectivity index (χ4v) is 4.12. The van der Waals surface area contributed by atoms with E-state index < -0.39 is 29.9 Å².